The zero-order valence-corrected chi connectivity index (χ0v) is 10.6. The Labute approximate surface area is 114 Å². The quantitative estimate of drug-likeness (QED) is 0.580. The third kappa shape index (κ3) is 2.05. The van der Waals surface area contributed by atoms with Gasteiger partial charge in [0, 0.05) is 12.1 Å². The number of nitrogens with zero attached hydrogens (tertiary/aromatic N) is 2. The molecule has 8 heteroatoms. The van der Waals surface area contributed by atoms with E-state index in [9.17, 15) is 19.3 Å². The van der Waals surface area contributed by atoms with Crippen LogP contribution >= 0.6 is 11.3 Å². The van der Waals surface area contributed by atoms with E-state index in [4.69, 9.17) is 0 Å². The number of H-pyrrole nitrogens is 1. The van der Waals surface area contributed by atoms with Gasteiger partial charge in [-0.3, -0.25) is 14.9 Å². The summed E-state index contributed by atoms with van der Waals surface area (Å²) in [7, 11) is 0. The van der Waals surface area contributed by atoms with Crippen LogP contribution in [-0.4, -0.2) is 14.9 Å². The third-order valence-electron chi connectivity index (χ3n) is 2.67. The maximum absolute atomic E-state index is 13.2. The predicted molar refractivity (Wildman–Crippen MR) is 72.3 cm³/mol. The second-order valence-electron chi connectivity index (χ2n) is 3.97. The van der Waals surface area contributed by atoms with Crippen LogP contribution in [0.3, 0.4) is 0 Å². The Morgan fingerprint density at radius 2 is 2.10 bits per heavy atom. The van der Waals surface area contributed by atoms with Gasteiger partial charge in [-0.2, -0.15) is 0 Å². The average Bonchev–Trinajstić information content (AvgIpc) is 2.87. The van der Waals surface area contributed by atoms with Crippen LogP contribution in [-0.2, 0) is 0 Å². The molecule has 0 aliphatic carbocycles. The van der Waals surface area contributed by atoms with E-state index in [2.05, 4.69) is 9.97 Å². The Kier molecular flexibility index (Phi) is 2.79. The molecule has 0 atom stereocenters. The lowest BCUT2D eigenvalue weighted by Gasteiger charge is -2.00. The SMILES string of the molecule is O=c1[nH]c(-c2ccc([N+](=O)[O-])s2)nc2cc(F)ccc12. The maximum Gasteiger partial charge on any atom is 0.324 e. The van der Waals surface area contributed by atoms with Crippen molar-refractivity contribution in [3.8, 4) is 10.7 Å². The number of rotatable bonds is 2. The van der Waals surface area contributed by atoms with E-state index in [1.54, 1.807) is 0 Å². The molecule has 0 radical (unpaired) electrons. The molecule has 0 amide bonds. The fourth-order valence-corrected chi connectivity index (χ4v) is 2.55. The number of nitrogens with one attached hydrogen (secondary N) is 1. The molecule has 0 fully saturated rings. The van der Waals surface area contributed by atoms with Gasteiger partial charge in [-0.1, -0.05) is 11.3 Å². The topological polar surface area (TPSA) is 88.9 Å². The highest BCUT2D eigenvalue weighted by Gasteiger charge is 2.14. The largest absolute Gasteiger partial charge is 0.324 e. The van der Waals surface area contributed by atoms with Crippen molar-refractivity contribution in [3.05, 3.63) is 56.6 Å². The molecule has 3 aromatic rings. The Bertz CT molecular complexity index is 887. The van der Waals surface area contributed by atoms with E-state index >= 15 is 0 Å². The Balaban J connectivity index is 2.20. The minimum absolute atomic E-state index is 0.0537. The molecule has 0 unspecified atom stereocenters. The molecule has 1 N–H and O–H groups in total. The molecule has 6 nitrogen and oxygen atoms in total. The Hall–Kier alpha value is -2.61. The highest BCUT2D eigenvalue weighted by atomic mass is 32.1. The first-order valence-corrected chi connectivity index (χ1v) is 6.30. The summed E-state index contributed by atoms with van der Waals surface area (Å²) in [6.07, 6.45) is 0. The summed E-state index contributed by atoms with van der Waals surface area (Å²) in [5.74, 6) is -0.315. The first-order valence-electron chi connectivity index (χ1n) is 5.49. The Morgan fingerprint density at radius 3 is 2.80 bits per heavy atom. The number of aromatic amines is 1. The van der Waals surface area contributed by atoms with E-state index in [-0.39, 0.29) is 21.7 Å². The van der Waals surface area contributed by atoms with Gasteiger partial charge < -0.3 is 4.98 Å². The molecule has 0 saturated carbocycles. The number of hydrogen-bond acceptors (Lipinski definition) is 5. The van der Waals surface area contributed by atoms with Gasteiger partial charge in [0.2, 0.25) is 0 Å². The molecule has 20 heavy (non-hydrogen) atoms. The van der Waals surface area contributed by atoms with Crippen molar-refractivity contribution in [2.75, 3.05) is 0 Å². The van der Waals surface area contributed by atoms with Crippen LogP contribution in [0, 0.1) is 15.9 Å². The van der Waals surface area contributed by atoms with E-state index in [0.717, 1.165) is 17.4 Å². The summed E-state index contributed by atoms with van der Waals surface area (Å²) < 4.78 is 13.2. The van der Waals surface area contributed by atoms with E-state index in [1.807, 2.05) is 0 Å². The van der Waals surface area contributed by atoms with Crippen molar-refractivity contribution < 1.29 is 9.31 Å². The highest BCUT2D eigenvalue weighted by molar-refractivity contribution is 7.18. The molecule has 0 spiro atoms. The fourth-order valence-electron chi connectivity index (χ4n) is 1.78. The van der Waals surface area contributed by atoms with Crippen LogP contribution in [0.15, 0.2) is 35.1 Å². The summed E-state index contributed by atoms with van der Waals surface area (Å²) in [4.78, 5) is 29.1. The molecule has 1 aromatic carbocycles. The second-order valence-corrected chi connectivity index (χ2v) is 5.03. The normalized spacial score (nSPS) is 10.8. The molecule has 3 rings (SSSR count). The maximum atomic E-state index is 13.2. The van der Waals surface area contributed by atoms with Crippen LogP contribution in [0.1, 0.15) is 0 Å². The summed E-state index contributed by atoms with van der Waals surface area (Å²) in [6, 6.07) is 6.49. The summed E-state index contributed by atoms with van der Waals surface area (Å²) in [5.41, 5.74) is -0.208. The van der Waals surface area contributed by atoms with Gasteiger partial charge in [-0.15, -0.1) is 0 Å². The van der Waals surface area contributed by atoms with Gasteiger partial charge in [0.25, 0.3) is 5.56 Å². The summed E-state index contributed by atoms with van der Waals surface area (Å²) >= 11 is 0.890. The summed E-state index contributed by atoms with van der Waals surface area (Å²) in [6.45, 7) is 0. The van der Waals surface area contributed by atoms with Crippen molar-refractivity contribution in [3.63, 3.8) is 0 Å². The van der Waals surface area contributed by atoms with Gasteiger partial charge in [0.15, 0.2) is 5.82 Å². The number of aromatic nitrogens is 2. The zero-order valence-electron chi connectivity index (χ0n) is 9.79. The number of hydrogen-bond donors (Lipinski definition) is 1. The van der Waals surface area contributed by atoms with Gasteiger partial charge in [-0.05, 0) is 18.2 Å². The van der Waals surface area contributed by atoms with Crippen LogP contribution in [0.4, 0.5) is 9.39 Å². The number of benzene rings is 1. The number of fused-ring (bicyclic) bond motifs is 1. The van der Waals surface area contributed by atoms with Crippen LogP contribution in [0.5, 0.6) is 0 Å². The second kappa shape index (κ2) is 4.49. The van der Waals surface area contributed by atoms with Crippen LogP contribution < -0.4 is 5.56 Å². The number of nitro groups is 1. The van der Waals surface area contributed by atoms with Crippen molar-refractivity contribution >= 4 is 27.2 Å². The molecule has 0 saturated heterocycles. The Morgan fingerprint density at radius 1 is 1.30 bits per heavy atom. The third-order valence-corrected chi connectivity index (χ3v) is 3.72. The van der Waals surface area contributed by atoms with Crippen molar-refractivity contribution in [2.24, 2.45) is 0 Å². The van der Waals surface area contributed by atoms with E-state index < -0.39 is 16.3 Å². The standard InChI is InChI=1S/C12H6FN3O3S/c13-6-1-2-7-8(5-6)14-11(15-12(7)17)9-3-4-10(20-9)16(18)19/h1-5H,(H,14,15,17). The van der Waals surface area contributed by atoms with Crippen molar-refractivity contribution in [2.45, 2.75) is 0 Å². The van der Waals surface area contributed by atoms with Gasteiger partial charge in [0.1, 0.15) is 5.82 Å². The molecule has 0 aliphatic heterocycles. The van der Waals surface area contributed by atoms with Crippen LogP contribution in [0.2, 0.25) is 0 Å². The highest BCUT2D eigenvalue weighted by Crippen LogP contribution is 2.30. The zero-order chi connectivity index (χ0) is 14.3. The summed E-state index contributed by atoms with van der Waals surface area (Å²) in [5, 5.41) is 10.9. The van der Waals surface area contributed by atoms with Crippen molar-refractivity contribution in [1.82, 2.24) is 9.97 Å². The first-order chi connectivity index (χ1) is 9.54. The van der Waals surface area contributed by atoms with E-state index in [1.165, 1.54) is 24.3 Å². The molecule has 2 aromatic heterocycles. The van der Waals surface area contributed by atoms with E-state index in [0.29, 0.717) is 4.88 Å². The molecular weight excluding hydrogens is 285 g/mol. The smallest absolute Gasteiger partial charge is 0.305 e. The predicted octanol–water partition coefficient (Wildman–Crippen LogP) is 2.70. The molecule has 100 valence electrons. The van der Waals surface area contributed by atoms with Crippen LogP contribution in [0.25, 0.3) is 21.6 Å². The molecule has 0 aliphatic rings. The first kappa shape index (κ1) is 12.4. The minimum Gasteiger partial charge on any atom is -0.305 e. The fraction of sp³-hybridized carbons (Fsp3) is 0. The van der Waals surface area contributed by atoms with Crippen molar-refractivity contribution in [1.29, 1.82) is 0 Å². The molecule has 0 bridgehead atoms. The monoisotopic (exact) mass is 291 g/mol. The minimum atomic E-state index is -0.521. The number of halogens is 1. The number of thiophene rings is 1. The lowest BCUT2D eigenvalue weighted by molar-refractivity contribution is -0.380. The lowest BCUT2D eigenvalue weighted by Crippen LogP contribution is -2.09. The van der Waals surface area contributed by atoms with Gasteiger partial charge in [0.05, 0.1) is 20.7 Å². The average molecular weight is 291 g/mol. The van der Waals surface area contributed by atoms with Gasteiger partial charge in [-0.25, -0.2) is 9.37 Å². The molecule has 2 heterocycles. The van der Waals surface area contributed by atoms with Gasteiger partial charge >= 0.3 is 5.00 Å². The lowest BCUT2D eigenvalue weighted by atomic mass is 10.2. The molecular formula is C12H6FN3O3S.